The Morgan fingerprint density at radius 3 is 3.04 bits per heavy atom. The van der Waals surface area contributed by atoms with Gasteiger partial charge in [-0.15, -0.1) is 11.3 Å². The van der Waals surface area contributed by atoms with Gasteiger partial charge in [0.2, 0.25) is 5.91 Å². The largest absolute Gasteiger partial charge is 0.461 e. The molecule has 2 fully saturated rings. The molecule has 0 radical (unpaired) electrons. The highest BCUT2D eigenvalue weighted by Crippen LogP contribution is 2.30. The molecule has 6 nitrogen and oxygen atoms in total. The van der Waals surface area contributed by atoms with E-state index in [4.69, 9.17) is 4.74 Å². The Kier molecular flexibility index (Phi) is 5.84. The lowest BCUT2D eigenvalue weighted by molar-refractivity contribution is -0.132. The van der Waals surface area contributed by atoms with Crippen LogP contribution in [0.1, 0.15) is 60.4 Å². The van der Waals surface area contributed by atoms with Crippen molar-refractivity contribution in [2.24, 2.45) is 0 Å². The van der Waals surface area contributed by atoms with Crippen LogP contribution < -0.4 is 5.32 Å². The fourth-order valence-electron chi connectivity index (χ4n) is 3.45. The number of aromatic nitrogens is 1. The first kappa shape index (κ1) is 17.4. The number of hydrogen-bond acceptors (Lipinski definition) is 6. The van der Waals surface area contributed by atoms with Crippen LogP contribution in [0.15, 0.2) is 5.38 Å². The van der Waals surface area contributed by atoms with Gasteiger partial charge in [0.25, 0.3) is 0 Å². The SMILES string of the molecule is CCOC(=O)c1csc(C2CCCN(C(=O)C[C@H]3CCCN3)C2)n1. The Hall–Kier alpha value is -1.47. The molecule has 7 heteroatoms. The number of carbonyl (C=O) groups is 2. The van der Waals surface area contributed by atoms with E-state index >= 15 is 0 Å². The van der Waals surface area contributed by atoms with Crippen molar-refractivity contribution in [3.63, 3.8) is 0 Å². The molecule has 132 valence electrons. The van der Waals surface area contributed by atoms with E-state index in [1.165, 1.54) is 11.3 Å². The molecule has 3 rings (SSSR count). The van der Waals surface area contributed by atoms with Gasteiger partial charge < -0.3 is 15.0 Å². The third-order valence-electron chi connectivity index (χ3n) is 4.71. The van der Waals surface area contributed by atoms with E-state index in [1.54, 1.807) is 12.3 Å². The highest BCUT2D eigenvalue weighted by atomic mass is 32.1. The second-order valence-electron chi connectivity index (χ2n) is 6.47. The second-order valence-corrected chi connectivity index (χ2v) is 7.36. The monoisotopic (exact) mass is 351 g/mol. The molecule has 2 saturated heterocycles. The van der Waals surface area contributed by atoms with Crippen molar-refractivity contribution in [3.8, 4) is 0 Å². The van der Waals surface area contributed by atoms with Gasteiger partial charge in [-0.25, -0.2) is 9.78 Å². The molecule has 2 atom stereocenters. The van der Waals surface area contributed by atoms with E-state index in [-0.39, 0.29) is 17.8 Å². The lowest BCUT2D eigenvalue weighted by Gasteiger charge is -2.32. The molecule has 1 amide bonds. The number of nitrogens with one attached hydrogen (secondary N) is 1. The third-order valence-corrected chi connectivity index (χ3v) is 5.72. The van der Waals surface area contributed by atoms with Crippen molar-refractivity contribution in [2.45, 2.75) is 51.0 Å². The summed E-state index contributed by atoms with van der Waals surface area (Å²) in [7, 11) is 0. The summed E-state index contributed by atoms with van der Waals surface area (Å²) in [6.07, 6.45) is 4.86. The van der Waals surface area contributed by atoms with E-state index in [9.17, 15) is 9.59 Å². The number of carbonyl (C=O) groups excluding carboxylic acids is 2. The van der Waals surface area contributed by atoms with Crippen LogP contribution in [0.2, 0.25) is 0 Å². The first-order chi connectivity index (χ1) is 11.7. The van der Waals surface area contributed by atoms with Gasteiger partial charge >= 0.3 is 5.97 Å². The first-order valence-electron chi connectivity index (χ1n) is 8.81. The number of piperidine rings is 1. The van der Waals surface area contributed by atoms with Gasteiger partial charge in [-0.05, 0) is 39.2 Å². The summed E-state index contributed by atoms with van der Waals surface area (Å²) < 4.78 is 5.00. The zero-order valence-corrected chi connectivity index (χ0v) is 14.9. The van der Waals surface area contributed by atoms with Gasteiger partial charge in [-0.2, -0.15) is 0 Å². The predicted molar refractivity (Wildman–Crippen MR) is 92.3 cm³/mol. The molecule has 1 N–H and O–H groups in total. The molecule has 0 aliphatic carbocycles. The minimum Gasteiger partial charge on any atom is -0.461 e. The summed E-state index contributed by atoms with van der Waals surface area (Å²) in [6, 6.07) is 0.341. The standard InChI is InChI=1S/C17H25N3O3S/c1-2-23-17(22)14-11-24-16(19-14)12-5-4-8-20(10-12)15(21)9-13-6-3-7-18-13/h11-13,18H,2-10H2,1H3/t12?,13-/m1/s1. The molecule has 0 saturated carbocycles. The summed E-state index contributed by atoms with van der Waals surface area (Å²) in [5.74, 6) is 0.102. The molecule has 0 bridgehead atoms. The van der Waals surface area contributed by atoms with E-state index in [0.717, 1.165) is 43.8 Å². The van der Waals surface area contributed by atoms with Crippen molar-refractivity contribution < 1.29 is 14.3 Å². The zero-order valence-electron chi connectivity index (χ0n) is 14.1. The van der Waals surface area contributed by atoms with Crippen LogP contribution in [0.4, 0.5) is 0 Å². The van der Waals surface area contributed by atoms with E-state index in [0.29, 0.717) is 31.3 Å². The Morgan fingerprint density at radius 2 is 2.29 bits per heavy atom. The van der Waals surface area contributed by atoms with Crippen LogP contribution in [-0.4, -0.2) is 54.0 Å². The summed E-state index contributed by atoms with van der Waals surface area (Å²) in [5, 5.41) is 6.09. The summed E-state index contributed by atoms with van der Waals surface area (Å²) in [6.45, 7) is 4.71. The Balaban J connectivity index is 1.58. The number of likely N-dealkylation sites (tertiary alicyclic amines) is 1. The average molecular weight is 351 g/mol. The number of esters is 1. The minimum absolute atomic E-state index is 0.229. The van der Waals surface area contributed by atoms with Crippen LogP contribution >= 0.6 is 11.3 Å². The van der Waals surface area contributed by atoms with Crippen molar-refractivity contribution in [3.05, 3.63) is 16.1 Å². The number of rotatable bonds is 5. The maximum Gasteiger partial charge on any atom is 0.357 e. The molecule has 2 aliphatic rings. The highest BCUT2D eigenvalue weighted by Gasteiger charge is 2.29. The summed E-state index contributed by atoms with van der Waals surface area (Å²) >= 11 is 1.49. The van der Waals surface area contributed by atoms with Gasteiger partial charge in [0, 0.05) is 36.9 Å². The molecule has 1 unspecified atom stereocenters. The molecule has 3 heterocycles. The number of thiazole rings is 1. The third kappa shape index (κ3) is 4.13. The predicted octanol–water partition coefficient (Wildman–Crippen LogP) is 2.17. The van der Waals surface area contributed by atoms with E-state index in [1.807, 2.05) is 4.90 Å². The Labute approximate surface area is 146 Å². The minimum atomic E-state index is -0.365. The van der Waals surface area contributed by atoms with Gasteiger partial charge in [-0.1, -0.05) is 0 Å². The van der Waals surface area contributed by atoms with E-state index < -0.39 is 0 Å². The molecule has 0 aromatic carbocycles. The number of nitrogens with zero attached hydrogens (tertiary/aromatic N) is 2. The topological polar surface area (TPSA) is 71.5 Å². The quantitative estimate of drug-likeness (QED) is 0.823. The lowest BCUT2D eigenvalue weighted by atomic mass is 9.98. The van der Waals surface area contributed by atoms with Crippen molar-refractivity contribution in [1.82, 2.24) is 15.2 Å². The molecular weight excluding hydrogens is 326 g/mol. The Morgan fingerprint density at radius 1 is 1.42 bits per heavy atom. The molecule has 24 heavy (non-hydrogen) atoms. The smallest absolute Gasteiger partial charge is 0.357 e. The summed E-state index contributed by atoms with van der Waals surface area (Å²) in [5.41, 5.74) is 0.385. The van der Waals surface area contributed by atoms with Gasteiger partial charge in [-0.3, -0.25) is 4.79 Å². The molecular formula is C17H25N3O3S. The lowest BCUT2D eigenvalue weighted by Crippen LogP contribution is -2.41. The molecule has 0 spiro atoms. The van der Waals surface area contributed by atoms with E-state index in [2.05, 4.69) is 10.3 Å². The zero-order chi connectivity index (χ0) is 16.9. The van der Waals surface area contributed by atoms with Crippen molar-refractivity contribution in [2.75, 3.05) is 26.2 Å². The van der Waals surface area contributed by atoms with Crippen LogP contribution in [0.3, 0.4) is 0 Å². The number of amides is 1. The first-order valence-corrected chi connectivity index (χ1v) is 9.69. The van der Waals surface area contributed by atoms with Gasteiger partial charge in [0.15, 0.2) is 5.69 Å². The normalized spacial score (nSPS) is 24.1. The maximum atomic E-state index is 12.5. The van der Waals surface area contributed by atoms with Gasteiger partial charge in [0.05, 0.1) is 11.6 Å². The number of ether oxygens (including phenoxy) is 1. The van der Waals surface area contributed by atoms with Gasteiger partial charge in [0.1, 0.15) is 0 Å². The van der Waals surface area contributed by atoms with Crippen LogP contribution in [0.5, 0.6) is 0 Å². The van der Waals surface area contributed by atoms with Crippen LogP contribution in [-0.2, 0) is 9.53 Å². The highest BCUT2D eigenvalue weighted by molar-refractivity contribution is 7.09. The average Bonchev–Trinajstić information content (AvgIpc) is 3.27. The molecule has 2 aliphatic heterocycles. The Bertz CT molecular complexity index is 583. The van der Waals surface area contributed by atoms with Crippen LogP contribution in [0, 0.1) is 0 Å². The maximum absolute atomic E-state index is 12.5. The fourth-order valence-corrected chi connectivity index (χ4v) is 4.37. The summed E-state index contributed by atoms with van der Waals surface area (Å²) in [4.78, 5) is 30.7. The van der Waals surface area contributed by atoms with Crippen molar-refractivity contribution in [1.29, 1.82) is 0 Å². The number of hydrogen-bond donors (Lipinski definition) is 1. The molecule has 1 aromatic rings. The molecule has 1 aromatic heterocycles. The second kappa shape index (κ2) is 8.07. The van der Waals surface area contributed by atoms with Crippen LogP contribution in [0.25, 0.3) is 0 Å². The van der Waals surface area contributed by atoms with Crippen molar-refractivity contribution >= 4 is 23.2 Å². The fraction of sp³-hybridized carbons (Fsp3) is 0.706.